The molecule has 0 aliphatic carbocycles. The molecule has 2 N–H and O–H groups in total. The number of aromatic nitrogens is 1. The van der Waals surface area contributed by atoms with Gasteiger partial charge in [-0.1, -0.05) is 11.8 Å². The van der Waals surface area contributed by atoms with E-state index in [1.54, 1.807) is 11.8 Å². The zero-order chi connectivity index (χ0) is 19.6. The number of fused-ring (bicyclic) bond motifs is 2. The maximum Gasteiger partial charge on any atom is 0.251 e. The molecular formula is C22H26N4O2S. The highest BCUT2D eigenvalue weighted by molar-refractivity contribution is 7.99. The second kappa shape index (κ2) is 8.34. The number of anilines is 1. The van der Waals surface area contributed by atoms with E-state index in [0.29, 0.717) is 12.1 Å². The molecule has 3 saturated heterocycles. The highest BCUT2D eigenvalue weighted by Gasteiger charge is 2.39. The lowest BCUT2D eigenvalue weighted by Gasteiger charge is -2.27. The average molecular weight is 411 g/mol. The molecule has 7 heteroatoms. The summed E-state index contributed by atoms with van der Waals surface area (Å²) in [4.78, 5) is 21.6. The monoisotopic (exact) mass is 410 g/mol. The maximum atomic E-state index is 12.6. The zero-order valence-corrected chi connectivity index (χ0v) is 17.2. The van der Waals surface area contributed by atoms with Gasteiger partial charge in [0.25, 0.3) is 5.91 Å². The van der Waals surface area contributed by atoms with Crippen LogP contribution in [0.2, 0.25) is 0 Å². The zero-order valence-electron chi connectivity index (χ0n) is 16.3. The Bertz CT molecular complexity index is 852. The van der Waals surface area contributed by atoms with Crippen molar-refractivity contribution in [3.8, 4) is 0 Å². The molecule has 1 amide bonds. The number of amides is 1. The molecule has 3 fully saturated rings. The van der Waals surface area contributed by atoms with Crippen LogP contribution in [0.4, 0.5) is 5.82 Å². The van der Waals surface area contributed by atoms with Gasteiger partial charge in [0, 0.05) is 52.8 Å². The van der Waals surface area contributed by atoms with Gasteiger partial charge in [0.15, 0.2) is 0 Å². The number of hydrogen-bond acceptors (Lipinski definition) is 6. The normalized spacial score (nSPS) is 25.9. The summed E-state index contributed by atoms with van der Waals surface area (Å²) in [6.07, 6.45) is 5.38. The Kier molecular flexibility index (Phi) is 5.44. The van der Waals surface area contributed by atoms with Crippen LogP contribution in [0.5, 0.6) is 0 Å². The van der Waals surface area contributed by atoms with Crippen molar-refractivity contribution in [3.63, 3.8) is 0 Å². The Morgan fingerprint density at radius 1 is 1.10 bits per heavy atom. The Balaban J connectivity index is 1.17. The van der Waals surface area contributed by atoms with Crippen LogP contribution >= 0.6 is 11.8 Å². The molecule has 3 aliphatic heterocycles. The Morgan fingerprint density at radius 2 is 1.90 bits per heavy atom. The van der Waals surface area contributed by atoms with Gasteiger partial charge in [-0.25, -0.2) is 4.98 Å². The molecule has 3 aliphatic rings. The first-order valence-corrected chi connectivity index (χ1v) is 11.2. The number of nitrogens with one attached hydrogen (secondary N) is 2. The maximum absolute atomic E-state index is 12.6. The molecular weight excluding hydrogens is 384 g/mol. The Labute approximate surface area is 175 Å². The first kappa shape index (κ1) is 18.9. The van der Waals surface area contributed by atoms with Crippen molar-refractivity contribution in [3.05, 3.63) is 48.2 Å². The van der Waals surface area contributed by atoms with Crippen LogP contribution in [0, 0.1) is 0 Å². The Hall–Kier alpha value is -2.09. The minimum atomic E-state index is 0.0254. The van der Waals surface area contributed by atoms with E-state index in [4.69, 9.17) is 4.74 Å². The predicted octanol–water partition coefficient (Wildman–Crippen LogP) is 2.69. The summed E-state index contributed by atoms with van der Waals surface area (Å²) in [5.74, 6) is 1.03. The van der Waals surface area contributed by atoms with Gasteiger partial charge in [-0.15, -0.1) is 0 Å². The topological polar surface area (TPSA) is 66.5 Å². The van der Waals surface area contributed by atoms with Gasteiger partial charge in [-0.05, 0) is 55.7 Å². The minimum absolute atomic E-state index is 0.0254. The fourth-order valence-electron chi connectivity index (χ4n) is 4.46. The van der Waals surface area contributed by atoms with Gasteiger partial charge in [0.2, 0.25) is 0 Å². The van der Waals surface area contributed by atoms with Crippen molar-refractivity contribution in [1.29, 1.82) is 0 Å². The SMILES string of the molecule is O=C(N[C@@H]1C[C@H]2CC[C@@H]1N2)c1ccc(Sc2ccc(N3CCOCC3)nc2)cc1. The molecule has 152 valence electrons. The number of benzene rings is 1. The lowest BCUT2D eigenvalue weighted by molar-refractivity contribution is 0.0931. The first-order valence-electron chi connectivity index (χ1n) is 10.4. The van der Waals surface area contributed by atoms with Gasteiger partial charge in [0.05, 0.1) is 13.2 Å². The summed E-state index contributed by atoms with van der Waals surface area (Å²) < 4.78 is 5.39. The van der Waals surface area contributed by atoms with Crippen LogP contribution < -0.4 is 15.5 Å². The third kappa shape index (κ3) is 4.27. The van der Waals surface area contributed by atoms with E-state index >= 15 is 0 Å². The molecule has 2 bridgehead atoms. The molecule has 0 radical (unpaired) electrons. The molecule has 5 rings (SSSR count). The van der Waals surface area contributed by atoms with Crippen LogP contribution in [0.1, 0.15) is 29.6 Å². The standard InChI is InChI=1S/C22H26N4O2S/c27-22(25-20-13-16-3-7-19(20)24-16)15-1-4-17(5-2-15)29-18-6-8-21(23-14-18)26-9-11-28-12-10-26/h1-2,4-6,8,14,16,19-20,24H,3,7,9-13H2,(H,25,27)/t16-,19+,20-/m1/s1. The Morgan fingerprint density at radius 3 is 2.55 bits per heavy atom. The highest BCUT2D eigenvalue weighted by Crippen LogP contribution is 2.30. The lowest BCUT2D eigenvalue weighted by Crippen LogP contribution is -2.42. The van der Waals surface area contributed by atoms with Gasteiger partial charge >= 0.3 is 0 Å². The number of ether oxygens (including phenoxy) is 1. The average Bonchev–Trinajstić information content (AvgIpc) is 3.39. The lowest BCUT2D eigenvalue weighted by atomic mass is 9.95. The van der Waals surface area contributed by atoms with Crippen LogP contribution in [-0.2, 0) is 4.74 Å². The van der Waals surface area contributed by atoms with Gasteiger partial charge < -0.3 is 20.3 Å². The highest BCUT2D eigenvalue weighted by atomic mass is 32.2. The van der Waals surface area contributed by atoms with Crippen molar-refractivity contribution in [2.45, 2.75) is 47.2 Å². The molecule has 29 heavy (non-hydrogen) atoms. The van der Waals surface area contributed by atoms with E-state index < -0.39 is 0 Å². The number of morpholine rings is 1. The molecule has 1 aromatic heterocycles. The van der Waals surface area contributed by atoms with Crippen molar-refractivity contribution in [2.75, 3.05) is 31.2 Å². The largest absolute Gasteiger partial charge is 0.378 e. The van der Waals surface area contributed by atoms with E-state index in [-0.39, 0.29) is 11.9 Å². The molecule has 0 unspecified atom stereocenters. The van der Waals surface area contributed by atoms with E-state index in [9.17, 15) is 4.79 Å². The first-order chi connectivity index (χ1) is 14.2. The number of hydrogen-bond donors (Lipinski definition) is 2. The molecule has 2 aromatic rings. The molecule has 6 nitrogen and oxygen atoms in total. The molecule has 3 atom stereocenters. The van der Waals surface area contributed by atoms with Crippen LogP contribution in [0.3, 0.4) is 0 Å². The van der Waals surface area contributed by atoms with Crippen LogP contribution in [0.15, 0.2) is 52.4 Å². The summed E-state index contributed by atoms with van der Waals surface area (Å²) in [6.45, 7) is 3.30. The van der Waals surface area contributed by atoms with Gasteiger partial charge in [-0.2, -0.15) is 0 Å². The summed E-state index contributed by atoms with van der Waals surface area (Å²) in [6, 6.07) is 13.3. The fraction of sp³-hybridized carbons (Fsp3) is 0.455. The van der Waals surface area contributed by atoms with Crippen molar-refractivity contribution in [1.82, 2.24) is 15.6 Å². The summed E-state index contributed by atoms with van der Waals surface area (Å²) >= 11 is 1.66. The second-order valence-corrected chi connectivity index (χ2v) is 9.09. The summed E-state index contributed by atoms with van der Waals surface area (Å²) in [7, 11) is 0. The van der Waals surface area contributed by atoms with Gasteiger partial charge in [0.1, 0.15) is 5.82 Å². The smallest absolute Gasteiger partial charge is 0.251 e. The minimum Gasteiger partial charge on any atom is -0.378 e. The van der Waals surface area contributed by atoms with E-state index in [2.05, 4.69) is 32.7 Å². The van der Waals surface area contributed by atoms with Crippen molar-refractivity contribution >= 4 is 23.5 Å². The molecule has 0 spiro atoms. The number of carbonyl (C=O) groups excluding carboxylic acids is 1. The quantitative estimate of drug-likeness (QED) is 0.790. The molecule has 4 heterocycles. The van der Waals surface area contributed by atoms with Crippen LogP contribution in [0.25, 0.3) is 0 Å². The number of rotatable bonds is 5. The van der Waals surface area contributed by atoms with Gasteiger partial charge in [-0.3, -0.25) is 4.79 Å². The molecule has 1 aromatic carbocycles. The van der Waals surface area contributed by atoms with Crippen molar-refractivity contribution < 1.29 is 9.53 Å². The van der Waals surface area contributed by atoms with Crippen LogP contribution in [-0.4, -0.2) is 55.3 Å². The third-order valence-corrected chi connectivity index (χ3v) is 7.01. The summed E-state index contributed by atoms with van der Waals surface area (Å²) in [5, 5.41) is 6.76. The second-order valence-electron chi connectivity index (χ2n) is 7.94. The van der Waals surface area contributed by atoms with E-state index in [1.165, 1.54) is 12.8 Å². The number of nitrogens with zero attached hydrogens (tertiary/aromatic N) is 2. The molecule has 0 saturated carbocycles. The summed E-state index contributed by atoms with van der Waals surface area (Å²) in [5.41, 5.74) is 0.720. The fourth-order valence-corrected chi connectivity index (χ4v) is 5.24. The number of carbonyl (C=O) groups is 1. The number of pyridine rings is 1. The van der Waals surface area contributed by atoms with E-state index in [0.717, 1.165) is 53.9 Å². The third-order valence-electron chi connectivity index (χ3n) is 6.02. The van der Waals surface area contributed by atoms with E-state index in [1.807, 2.05) is 30.5 Å². The van der Waals surface area contributed by atoms with Crippen molar-refractivity contribution in [2.24, 2.45) is 0 Å². The predicted molar refractivity (Wildman–Crippen MR) is 114 cm³/mol.